The van der Waals surface area contributed by atoms with Crippen molar-refractivity contribution < 1.29 is 32.5 Å². The standard InChI is InChI=1S/C17H13NO7S/c1-8(26(23,24)25)17(22)18-11-6-7-12(19)14-13(11)15(20)9-4-2-3-5-10(9)16(14)21/h2-8,19H,1H3,(H,18,22)(H,23,24,25)/t8-/m1/s1. The molecule has 9 heteroatoms. The molecule has 1 atom stereocenters. The smallest absolute Gasteiger partial charge is 0.276 e. The van der Waals surface area contributed by atoms with Crippen LogP contribution in [0.3, 0.4) is 0 Å². The SMILES string of the molecule is C[C@H](C(=O)Nc1ccc(O)c2c1C(=O)c1ccccc1C2=O)S(=O)(=O)O. The van der Waals surface area contributed by atoms with Gasteiger partial charge in [0, 0.05) is 11.1 Å². The van der Waals surface area contributed by atoms with Gasteiger partial charge in [0.05, 0.1) is 16.8 Å². The average Bonchev–Trinajstić information content (AvgIpc) is 2.59. The van der Waals surface area contributed by atoms with Crippen LogP contribution < -0.4 is 5.32 Å². The molecule has 0 fully saturated rings. The molecule has 0 saturated heterocycles. The molecule has 2 aromatic carbocycles. The van der Waals surface area contributed by atoms with Crippen molar-refractivity contribution in [2.45, 2.75) is 12.2 Å². The lowest BCUT2D eigenvalue weighted by Gasteiger charge is -2.21. The molecule has 2 aromatic rings. The number of fused-ring (bicyclic) bond motifs is 2. The third-order valence-electron chi connectivity index (χ3n) is 4.13. The Labute approximate surface area is 148 Å². The van der Waals surface area contributed by atoms with Gasteiger partial charge in [-0.2, -0.15) is 8.42 Å². The summed E-state index contributed by atoms with van der Waals surface area (Å²) in [6, 6.07) is 8.33. The van der Waals surface area contributed by atoms with Gasteiger partial charge in [0.25, 0.3) is 10.1 Å². The van der Waals surface area contributed by atoms with Crippen molar-refractivity contribution in [3.05, 3.63) is 58.7 Å². The molecule has 134 valence electrons. The molecule has 0 aliphatic heterocycles. The molecule has 3 N–H and O–H groups in total. The van der Waals surface area contributed by atoms with Crippen molar-refractivity contribution in [3.63, 3.8) is 0 Å². The molecule has 0 spiro atoms. The number of nitrogens with one attached hydrogen (secondary N) is 1. The van der Waals surface area contributed by atoms with E-state index in [2.05, 4.69) is 5.32 Å². The molecule has 0 saturated carbocycles. The maximum absolute atomic E-state index is 12.8. The monoisotopic (exact) mass is 375 g/mol. The molecule has 1 amide bonds. The number of hydrogen-bond acceptors (Lipinski definition) is 6. The van der Waals surface area contributed by atoms with Crippen LogP contribution in [0.15, 0.2) is 36.4 Å². The van der Waals surface area contributed by atoms with Crippen molar-refractivity contribution in [1.82, 2.24) is 0 Å². The molecule has 26 heavy (non-hydrogen) atoms. The average molecular weight is 375 g/mol. The molecule has 3 rings (SSSR count). The normalized spacial score (nSPS) is 14.4. The molecule has 0 bridgehead atoms. The van der Waals surface area contributed by atoms with Crippen LogP contribution in [0.4, 0.5) is 5.69 Å². The highest BCUT2D eigenvalue weighted by molar-refractivity contribution is 7.87. The number of hydrogen-bond donors (Lipinski definition) is 3. The summed E-state index contributed by atoms with van der Waals surface area (Å²) in [4.78, 5) is 37.5. The van der Waals surface area contributed by atoms with Crippen molar-refractivity contribution >= 4 is 33.3 Å². The summed E-state index contributed by atoms with van der Waals surface area (Å²) in [6.07, 6.45) is 0. The Hall–Kier alpha value is -3.04. The summed E-state index contributed by atoms with van der Waals surface area (Å²) in [5.74, 6) is -2.71. The topological polar surface area (TPSA) is 138 Å². The summed E-state index contributed by atoms with van der Waals surface area (Å²) in [6.45, 7) is 0.972. The third kappa shape index (κ3) is 2.76. The van der Waals surface area contributed by atoms with Gasteiger partial charge in [-0.25, -0.2) is 0 Å². The maximum Gasteiger partial charge on any atom is 0.276 e. The zero-order valence-electron chi connectivity index (χ0n) is 13.4. The summed E-state index contributed by atoms with van der Waals surface area (Å²) >= 11 is 0. The van der Waals surface area contributed by atoms with E-state index in [9.17, 15) is 27.9 Å². The fourth-order valence-corrected chi connectivity index (χ4v) is 3.01. The lowest BCUT2D eigenvalue weighted by molar-refractivity contribution is -0.115. The predicted octanol–water partition coefficient (Wildman–Crippen LogP) is 1.38. The van der Waals surface area contributed by atoms with Crippen LogP contribution in [-0.2, 0) is 14.9 Å². The number of anilines is 1. The first kappa shape index (κ1) is 17.8. The van der Waals surface area contributed by atoms with Gasteiger partial charge in [0.1, 0.15) is 5.75 Å². The van der Waals surface area contributed by atoms with Crippen LogP contribution in [0, 0.1) is 0 Å². The number of ketones is 2. The van der Waals surface area contributed by atoms with Gasteiger partial charge in [0.15, 0.2) is 16.8 Å². The number of rotatable bonds is 3. The quantitative estimate of drug-likeness (QED) is 0.464. The molecule has 1 aliphatic carbocycles. The molecule has 0 heterocycles. The van der Waals surface area contributed by atoms with E-state index in [-0.39, 0.29) is 27.9 Å². The molecule has 8 nitrogen and oxygen atoms in total. The fraction of sp³-hybridized carbons (Fsp3) is 0.118. The van der Waals surface area contributed by atoms with E-state index in [4.69, 9.17) is 4.55 Å². The maximum atomic E-state index is 12.8. The summed E-state index contributed by atoms with van der Waals surface area (Å²) in [5, 5.41) is 10.5. The van der Waals surface area contributed by atoms with Crippen LogP contribution in [0.25, 0.3) is 0 Å². The van der Waals surface area contributed by atoms with Gasteiger partial charge < -0.3 is 10.4 Å². The Morgan fingerprint density at radius 2 is 1.54 bits per heavy atom. The minimum atomic E-state index is -4.64. The van der Waals surface area contributed by atoms with Crippen LogP contribution in [0.2, 0.25) is 0 Å². The Morgan fingerprint density at radius 1 is 1.00 bits per heavy atom. The Kier molecular flexibility index (Phi) is 4.13. The minimum absolute atomic E-state index is 0.105. The van der Waals surface area contributed by atoms with E-state index in [1.165, 1.54) is 18.2 Å². The number of phenols is 1. The second kappa shape index (κ2) is 6.04. The summed E-state index contributed by atoms with van der Waals surface area (Å²) < 4.78 is 31.2. The second-order valence-corrected chi connectivity index (χ2v) is 7.47. The first-order chi connectivity index (χ1) is 12.1. The van der Waals surface area contributed by atoms with Gasteiger partial charge in [-0.1, -0.05) is 24.3 Å². The minimum Gasteiger partial charge on any atom is -0.507 e. The van der Waals surface area contributed by atoms with Gasteiger partial charge in [-0.3, -0.25) is 18.9 Å². The number of amides is 1. The lowest BCUT2D eigenvalue weighted by Crippen LogP contribution is -2.33. The number of carbonyl (C=O) groups is 3. The Balaban J connectivity index is 2.13. The molecule has 0 aromatic heterocycles. The van der Waals surface area contributed by atoms with E-state index in [1.54, 1.807) is 12.1 Å². The van der Waals surface area contributed by atoms with Crippen molar-refractivity contribution in [2.75, 3.05) is 5.32 Å². The van der Waals surface area contributed by atoms with Gasteiger partial charge in [0.2, 0.25) is 5.91 Å². The molecular weight excluding hydrogens is 362 g/mol. The lowest BCUT2D eigenvalue weighted by atomic mass is 9.82. The predicted molar refractivity (Wildman–Crippen MR) is 91.1 cm³/mol. The van der Waals surface area contributed by atoms with E-state index in [0.29, 0.717) is 0 Å². The highest BCUT2D eigenvalue weighted by Crippen LogP contribution is 2.37. The van der Waals surface area contributed by atoms with Crippen molar-refractivity contribution in [2.24, 2.45) is 0 Å². The Morgan fingerprint density at radius 3 is 2.08 bits per heavy atom. The van der Waals surface area contributed by atoms with Gasteiger partial charge in [-0.05, 0) is 19.1 Å². The number of aromatic hydroxyl groups is 1. The van der Waals surface area contributed by atoms with Gasteiger partial charge in [-0.15, -0.1) is 0 Å². The molecular formula is C17H13NO7S. The van der Waals surface area contributed by atoms with Crippen LogP contribution in [0.5, 0.6) is 5.75 Å². The largest absolute Gasteiger partial charge is 0.507 e. The first-order valence-electron chi connectivity index (χ1n) is 7.44. The molecule has 0 unspecified atom stereocenters. The van der Waals surface area contributed by atoms with E-state index in [0.717, 1.165) is 13.0 Å². The van der Waals surface area contributed by atoms with E-state index >= 15 is 0 Å². The zero-order valence-corrected chi connectivity index (χ0v) is 14.2. The molecule has 1 aliphatic rings. The van der Waals surface area contributed by atoms with Crippen molar-refractivity contribution in [3.8, 4) is 5.75 Å². The third-order valence-corrected chi connectivity index (χ3v) is 5.24. The van der Waals surface area contributed by atoms with E-state index in [1.807, 2.05) is 0 Å². The first-order valence-corrected chi connectivity index (χ1v) is 8.94. The number of benzene rings is 2. The zero-order chi connectivity index (χ0) is 19.2. The summed E-state index contributed by atoms with van der Waals surface area (Å²) in [7, 11) is -4.64. The van der Waals surface area contributed by atoms with E-state index < -0.39 is 38.6 Å². The van der Waals surface area contributed by atoms with Crippen molar-refractivity contribution in [1.29, 1.82) is 0 Å². The van der Waals surface area contributed by atoms with Crippen LogP contribution in [-0.4, -0.2) is 40.8 Å². The number of carbonyl (C=O) groups excluding carboxylic acids is 3. The molecule has 0 radical (unpaired) electrons. The van der Waals surface area contributed by atoms with Crippen LogP contribution >= 0.6 is 0 Å². The second-order valence-electron chi connectivity index (χ2n) is 5.73. The Bertz CT molecular complexity index is 1070. The summed E-state index contributed by atoms with van der Waals surface area (Å²) in [5.41, 5.74) is -0.411. The fourth-order valence-electron chi connectivity index (χ4n) is 2.68. The van der Waals surface area contributed by atoms with Gasteiger partial charge >= 0.3 is 0 Å². The highest BCUT2D eigenvalue weighted by Gasteiger charge is 2.35. The highest BCUT2D eigenvalue weighted by atomic mass is 32.2. The number of phenolic OH excluding ortho intramolecular Hbond substituents is 1. The van der Waals surface area contributed by atoms with Crippen LogP contribution in [0.1, 0.15) is 38.8 Å².